The summed E-state index contributed by atoms with van der Waals surface area (Å²) in [4.78, 5) is 10.6. The van der Waals surface area contributed by atoms with E-state index in [2.05, 4.69) is 31.6 Å². The third kappa shape index (κ3) is 3.65. The Morgan fingerprint density at radius 2 is 2.09 bits per heavy atom. The van der Waals surface area contributed by atoms with Gasteiger partial charge in [-0.1, -0.05) is 11.6 Å². The molecule has 0 aliphatic carbocycles. The molecule has 1 saturated heterocycles. The summed E-state index contributed by atoms with van der Waals surface area (Å²) >= 11 is 5.80. The van der Waals surface area contributed by atoms with E-state index in [0.29, 0.717) is 17.0 Å². The van der Waals surface area contributed by atoms with Gasteiger partial charge in [-0.3, -0.25) is 0 Å². The lowest BCUT2D eigenvalue weighted by atomic mass is 10.2. The van der Waals surface area contributed by atoms with E-state index in [1.54, 1.807) is 19.5 Å². The standard InChI is InChI=1S/C16H20ClN5O/c1-18-12-5-6-22(10-12)13-3-4-14(15(7-13)23-2)21-16-19-8-11(17)9-20-16/h3-4,7-9,12,18H,5-6,10H2,1-2H3,(H,19,20,21)/t12-/m1/s1. The van der Waals surface area contributed by atoms with Crippen molar-refractivity contribution in [3.63, 3.8) is 0 Å². The number of aromatic nitrogens is 2. The minimum absolute atomic E-state index is 0.483. The number of nitrogens with one attached hydrogen (secondary N) is 2. The van der Waals surface area contributed by atoms with Gasteiger partial charge in [0.2, 0.25) is 5.95 Å². The van der Waals surface area contributed by atoms with Crippen molar-refractivity contribution in [3.05, 3.63) is 35.6 Å². The van der Waals surface area contributed by atoms with Crippen molar-refractivity contribution >= 4 is 28.9 Å². The Hall–Kier alpha value is -2.05. The predicted molar refractivity (Wildman–Crippen MR) is 93.0 cm³/mol. The molecule has 3 rings (SSSR count). The number of hydrogen-bond donors (Lipinski definition) is 2. The number of anilines is 3. The average Bonchev–Trinajstić information content (AvgIpc) is 3.06. The van der Waals surface area contributed by atoms with Crippen molar-refractivity contribution in [1.29, 1.82) is 0 Å². The second-order valence-electron chi connectivity index (χ2n) is 5.45. The monoisotopic (exact) mass is 333 g/mol. The van der Waals surface area contributed by atoms with Crippen molar-refractivity contribution in [1.82, 2.24) is 15.3 Å². The van der Waals surface area contributed by atoms with Crippen molar-refractivity contribution in [2.45, 2.75) is 12.5 Å². The minimum Gasteiger partial charge on any atom is -0.494 e. The number of likely N-dealkylation sites (N-methyl/N-ethyl adjacent to an activating group) is 1. The smallest absolute Gasteiger partial charge is 0.227 e. The molecule has 1 aromatic heterocycles. The van der Waals surface area contributed by atoms with Gasteiger partial charge in [0.1, 0.15) is 5.75 Å². The first kappa shape index (κ1) is 15.8. The molecule has 23 heavy (non-hydrogen) atoms. The van der Waals surface area contributed by atoms with Gasteiger partial charge in [0.15, 0.2) is 0 Å². The molecule has 2 aromatic rings. The Morgan fingerprint density at radius 3 is 2.74 bits per heavy atom. The van der Waals surface area contributed by atoms with Gasteiger partial charge in [-0.2, -0.15) is 0 Å². The number of benzene rings is 1. The maximum atomic E-state index is 5.80. The molecule has 2 heterocycles. The van der Waals surface area contributed by atoms with Crippen LogP contribution in [0.5, 0.6) is 5.75 Å². The molecule has 0 bridgehead atoms. The van der Waals surface area contributed by atoms with Gasteiger partial charge in [-0.25, -0.2) is 9.97 Å². The lowest BCUT2D eigenvalue weighted by Crippen LogP contribution is -2.29. The predicted octanol–water partition coefficient (Wildman–Crippen LogP) is 2.68. The van der Waals surface area contributed by atoms with Crippen LogP contribution in [0.2, 0.25) is 5.02 Å². The zero-order valence-electron chi connectivity index (χ0n) is 13.2. The molecule has 122 valence electrons. The highest BCUT2D eigenvalue weighted by Gasteiger charge is 2.21. The molecule has 0 saturated carbocycles. The summed E-state index contributed by atoms with van der Waals surface area (Å²) in [5, 5.41) is 6.99. The molecule has 1 fully saturated rings. The lowest BCUT2D eigenvalue weighted by Gasteiger charge is -2.20. The van der Waals surface area contributed by atoms with E-state index in [0.717, 1.165) is 36.6 Å². The van der Waals surface area contributed by atoms with Gasteiger partial charge < -0.3 is 20.3 Å². The lowest BCUT2D eigenvalue weighted by molar-refractivity contribution is 0.417. The fourth-order valence-corrected chi connectivity index (χ4v) is 2.81. The van der Waals surface area contributed by atoms with Gasteiger partial charge in [0.05, 0.1) is 30.2 Å². The fourth-order valence-electron chi connectivity index (χ4n) is 2.71. The Kier molecular flexibility index (Phi) is 4.83. The molecule has 0 amide bonds. The molecular weight excluding hydrogens is 314 g/mol. The van der Waals surface area contributed by atoms with Gasteiger partial charge in [0, 0.05) is 30.9 Å². The van der Waals surface area contributed by atoms with Crippen LogP contribution in [0.4, 0.5) is 17.3 Å². The number of hydrogen-bond acceptors (Lipinski definition) is 6. The highest BCUT2D eigenvalue weighted by atomic mass is 35.5. The van der Waals surface area contributed by atoms with Crippen LogP contribution in [0, 0.1) is 0 Å². The van der Waals surface area contributed by atoms with Crippen LogP contribution in [0.3, 0.4) is 0 Å². The number of nitrogens with zero attached hydrogens (tertiary/aromatic N) is 3. The second-order valence-corrected chi connectivity index (χ2v) is 5.89. The zero-order valence-corrected chi connectivity index (χ0v) is 14.0. The zero-order chi connectivity index (χ0) is 16.2. The van der Waals surface area contributed by atoms with Gasteiger partial charge in [0.25, 0.3) is 0 Å². The normalized spacial score (nSPS) is 17.3. The highest BCUT2D eigenvalue weighted by Crippen LogP contribution is 2.32. The second kappa shape index (κ2) is 7.02. The van der Waals surface area contributed by atoms with Gasteiger partial charge >= 0.3 is 0 Å². The molecule has 7 heteroatoms. The molecule has 1 aromatic carbocycles. The van der Waals surface area contributed by atoms with E-state index in [9.17, 15) is 0 Å². The number of halogens is 1. The summed E-state index contributed by atoms with van der Waals surface area (Å²) in [5.41, 5.74) is 1.98. The number of ether oxygens (including phenoxy) is 1. The molecular formula is C16H20ClN5O. The molecule has 2 N–H and O–H groups in total. The highest BCUT2D eigenvalue weighted by molar-refractivity contribution is 6.30. The number of methoxy groups -OCH3 is 1. The molecule has 1 aliphatic heterocycles. The first-order valence-electron chi connectivity index (χ1n) is 7.54. The van der Waals surface area contributed by atoms with E-state index in [1.165, 1.54) is 0 Å². The van der Waals surface area contributed by atoms with Crippen LogP contribution in [-0.2, 0) is 0 Å². The van der Waals surface area contributed by atoms with Gasteiger partial charge in [-0.05, 0) is 25.6 Å². The molecule has 1 atom stereocenters. The van der Waals surface area contributed by atoms with Crippen molar-refractivity contribution in [2.24, 2.45) is 0 Å². The summed E-state index contributed by atoms with van der Waals surface area (Å²) in [6.45, 7) is 2.05. The van der Waals surface area contributed by atoms with Crippen molar-refractivity contribution < 1.29 is 4.74 Å². The first-order chi connectivity index (χ1) is 11.2. The number of rotatable bonds is 5. The summed E-state index contributed by atoms with van der Waals surface area (Å²) in [6, 6.07) is 6.65. The van der Waals surface area contributed by atoms with Crippen molar-refractivity contribution in [3.8, 4) is 5.75 Å². The van der Waals surface area contributed by atoms with Crippen LogP contribution < -0.4 is 20.3 Å². The van der Waals surface area contributed by atoms with Gasteiger partial charge in [-0.15, -0.1) is 0 Å². The Labute approximate surface area is 140 Å². The van der Waals surface area contributed by atoms with Crippen LogP contribution in [0.1, 0.15) is 6.42 Å². The van der Waals surface area contributed by atoms with E-state index >= 15 is 0 Å². The third-order valence-electron chi connectivity index (χ3n) is 4.01. The van der Waals surface area contributed by atoms with Crippen LogP contribution in [-0.4, -0.2) is 43.3 Å². The summed E-state index contributed by atoms with van der Waals surface area (Å²) in [6.07, 6.45) is 4.26. The molecule has 6 nitrogen and oxygen atoms in total. The van der Waals surface area contributed by atoms with E-state index in [-0.39, 0.29) is 0 Å². The maximum absolute atomic E-state index is 5.80. The van der Waals surface area contributed by atoms with Crippen LogP contribution >= 0.6 is 11.6 Å². The quantitative estimate of drug-likeness (QED) is 0.877. The summed E-state index contributed by atoms with van der Waals surface area (Å²) in [5.74, 6) is 1.24. The Bertz CT molecular complexity index is 664. The van der Waals surface area contributed by atoms with Crippen LogP contribution in [0.15, 0.2) is 30.6 Å². The maximum Gasteiger partial charge on any atom is 0.227 e. The largest absolute Gasteiger partial charge is 0.494 e. The molecule has 1 aliphatic rings. The van der Waals surface area contributed by atoms with E-state index in [4.69, 9.17) is 16.3 Å². The average molecular weight is 334 g/mol. The summed E-state index contributed by atoms with van der Waals surface area (Å²) < 4.78 is 5.51. The van der Waals surface area contributed by atoms with E-state index in [1.807, 2.05) is 19.2 Å². The van der Waals surface area contributed by atoms with E-state index < -0.39 is 0 Å². The molecule has 0 unspecified atom stereocenters. The Balaban J connectivity index is 1.78. The van der Waals surface area contributed by atoms with Crippen molar-refractivity contribution in [2.75, 3.05) is 37.5 Å². The Morgan fingerprint density at radius 1 is 1.30 bits per heavy atom. The topological polar surface area (TPSA) is 62.3 Å². The van der Waals surface area contributed by atoms with Crippen LogP contribution in [0.25, 0.3) is 0 Å². The summed E-state index contributed by atoms with van der Waals surface area (Å²) in [7, 11) is 3.67. The molecule has 0 radical (unpaired) electrons. The third-order valence-corrected chi connectivity index (χ3v) is 4.21. The molecule has 0 spiro atoms. The minimum atomic E-state index is 0.483. The first-order valence-corrected chi connectivity index (χ1v) is 7.92. The fraction of sp³-hybridized carbons (Fsp3) is 0.375. The SMILES string of the molecule is CN[C@@H]1CCN(c2ccc(Nc3ncc(Cl)cn3)c(OC)c2)C1.